The number of halogens is 3. The molecule has 19 heavy (non-hydrogen) atoms. The number of hydrogen-bond donors (Lipinski definition) is 1. The molecule has 1 rings (SSSR count). The summed E-state index contributed by atoms with van der Waals surface area (Å²) in [6, 6.07) is 1.03. The maximum atomic E-state index is 12.7. The van der Waals surface area contributed by atoms with Crippen molar-refractivity contribution in [2.45, 2.75) is 25.6 Å². The molecule has 0 amide bonds. The van der Waals surface area contributed by atoms with Crippen LogP contribution in [0.4, 0.5) is 24.9 Å². The van der Waals surface area contributed by atoms with E-state index >= 15 is 0 Å². The summed E-state index contributed by atoms with van der Waals surface area (Å²) in [7, 11) is 1.71. The highest BCUT2D eigenvalue weighted by molar-refractivity contribution is 7.98. The first-order valence-corrected chi connectivity index (χ1v) is 7.12. The predicted octanol–water partition coefficient (Wildman–Crippen LogP) is 2.66. The van der Waals surface area contributed by atoms with Gasteiger partial charge in [-0.15, -0.1) is 0 Å². The lowest BCUT2D eigenvalue weighted by atomic mass is 10.2. The molecule has 108 valence electrons. The van der Waals surface area contributed by atoms with Crippen LogP contribution in [0.1, 0.15) is 19.0 Å². The van der Waals surface area contributed by atoms with Gasteiger partial charge in [0.1, 0.15) is 5.82 Å². The minimum absolute atomic E-state index is 0.102. The SMILES string of the molecule is CCC(CSC)N(C)c1cc(C(F)(F)F)nc(N)n1. The van der Waals surface area contributed by atoms with Crippen molar-refractivity contribution in [1.29, 1.82) is 0 Å². The molecular weight excluding hydrogens is 277 g/mol. The number of hydrogen-bond acceptors (Lipinski definition) is 5. The summed E-state index contributed by atoms with van der Waals surface area (Å²) in [6.45, 7) is 1.98. The van der Waals surface area contributed by atoms with Crippen LogP contribution in [0.15, 0.2) is 6.07 Å². The number of thioether (sulfide) groups is 1. The van der Waals surface area contributed by atoms with Crippen molar-refractivity contribution < 1.29 is 13.2 Å². The third-order valence-corrected chi connectivity index (χ3v) is 3.48. The average molecular weight is 294 g/mol. The molecule has 0 aliphatic rings. The van der Waals surface area contributed by atoms with Crippen LogP contribution in [0.2, 0.25) is 0 Å². The van der Waals surface area contributed by atoms with Gasteiger partial charge in [-0.1, -0.05) is 6.92 Å². The van der Waals surface area contributed by atoms with E-state index in [4.69, 9.17) is 5.73 Å². The number of rotatable bonds is 5. The fourth-order valence-electron chi connectivity index (χ4n) is 1.66. The molecule has 0 saturated heterocycles. The van der Waals surface area contributed by atoms with E-state index in [-0.39, 0.29) is 17.8 Å². The predicted molar refractivity (Wildman–Crippen MR) is 72.3 cm³/mol. The first kappa shape index (κ1) is 15.9. The second-order valence-corrected chi connectivity index (χ2v) is 5.01. The lowest BCUT2D eigenvalue weighted by Crippen LogP contribution is -2.34. The molecule has 0 aromatic carbocycles. The number of nitrogens with two attached hydrogens (primary N) is 1. The van der Waals surface area contributed by atoms with Gasteiger partial charge in [-0.25, -0.2) is 4.98 Å². The molecule has 1 atom stereocenters. The molecule has 1 aromatic heterocycles. The number of nitrogen functional groups attached to an aromatic ring is 1. The van der Waals surface area contributed by atoms with E-state index < -0.39 is 11.9 Å². The quantitative estimate of drug-likeness (QED) is 0.905. The zero-order valence-corrected chi connectivity index (χ0v) is 11.8. The van der Waals surface area contributed by atoms with Gasteiger partial charge in [0.2, 0.25) is 5.95 Å². The van der Waals surface area contributed by atoms with Crippen LogP contribution in [0.25, 0.3) is 0 Å². The Balaban J connectivity index is 3.09. The molecule has 1 unspecified atom stereocenters. The van der Waals surface area contributed by atoms with Gasteiger partial charge in [0.25, 0.3) is 0 Å². The highest BCUT2D eigenvalue weighted by atomic mass is 32.2. The molecule has 0 spiro atoms. The van der Waals surface area contributed by atoms with Gasteiger partial charge < -0.3 is 10.6 Å². The zero-order chi connectivity index (χ0) is 14.6. The summed E-state index contributed by atoms with van der Waals surface area (Å²) in [6.07, 6.45) is -1.76. The standard InChI is InChI=1S/C11H17F3N4S/c1-4-7(6-19-3)18(2)9-5-8(11(12,13)14)16-10(15)17-9/h5,7H,4,6H2,1-3H3,(H2,15,16,17). The van der Waals surface area contributed by atoms with Gasteiger partial charge in [-0.2, -0.15) is 29.9 Å². The molecule has 0 radical (unpaired) electrons. The molecular formula is C11H17F3N4S. The first-order valence-electron chi connectivity index (χ1n) is 5.73. The Hall–Kier alpha value is -1.18. The van der Waals surface area contributed by atoms with Gasteiger partial charge >= 0.3 is 6.18 Å². The van der Waals surface area contributed by atoms with Crippen molar-refractivity contribution in [3.8, 4) is 0 Å². The van der Waals surface area contributed by atoms with Gasteiger partial charge in [0.15, 0.2) is 5.69 Å². The molecule has 0 fully saturated rings. The smallest absolute Gasteiger partial charge is 0.368 e. The van der Waals surface area contributed by atoms with Crippen molar-refractivity contribution in [2.24, 2.45) is 0 Å². The van der Waals surface area contributed by atoms with Gasteiger partial charge in [0.05, 0.1) is 0 Å². The highest BCUT2D eigenvalue weighted by Gasteiger charge is 2.34. The molecule has 2 N–H and O–H groups in total. The number of aromatic nitrogens is 2. The minimum atomic E-state index is -4.52. The maximum Gasteiger partial charge on any atom is 0.433 e. The molecule has 0 saturated carbocycles. The molecule has 8 heteroatoms. The van der Waals surface area contributed by atoms with Crippen molar-refractivity contribution in [1.82, 2.24) is 9.97 Å². The van der Waals surface area contributed by atoms with Crippen LogP contribution in [0.5, 0.6) is 0 Å². The third-order valence-electron chi connectivity index (χ3n) is 2.76. The number of alkyl halides is 3. The van der Waals surface area contributed by atoms with Crippen molar-refractivity contribution in [3.63, 3.8) is 0 Å². The Bertz CT molecular complexity index is 425. The van der Waals surface area contributed by atoms with Gasteiger partial charge in [-0.05, 0) is 12.7 Å². The topological polar surface area (TPSA) is 55.0 Å². The second kappa shape index (κ2) is 6.31. The summed E-state index contributed by atoms with van der Waals surface area (Å²) >= 11 is 1.63. The van der Waals surface area contributed by atoms with Crippen molar-refractivity contribution in [3.05, 3.63) is 11.8 Å². The van der Waals surface area contributed by atoms with Crippen LogP contribution in [-0.4, -0.2) is 35.1 Å². The Labute approximate surface area is 114 Å². The first-order chi connectivity index (χ1) is 8.79. The summed E-state index contributed by atoms with van der Waals surface area (Å²) in [5.41, 5.74) is 4.34. The molecule has 0 aliphatic carbocycles. The van der Waals surface area contributed by atoms with Crippen molar-refractivity contribution >= 4 is 23.5 Å². The van der Waals surface area contributed by atoms with Gasteiger partial charge in [0, 0.05) is 24.9 Å². The highest BCUT2D eigenvalue weighted by Crippen LogP contribution is 2.30. The van der Waals surface area contributed by atoms with E-state index in [0.29, 0.717) is 0 Å². The fourth-order valence-corrected chi connectivity index (χ4v) is 2.51. The molecule has 1 heterocycles. The summed E-state index contributed by atoms with van der Waals surface area (Å²) in [5, 5.41) is 0. The van der Waals surface area contributed by atoms with E-state index in [1.54, 1.807) is 23.7 Å². The Morgan fingerprint density at radius 1 is 1.42 bits per heavy atom. The maximum absolute atomic E-state index is 12.7. The Morgan fingerprint density at radius 3 is 2.53 bits per heavy atom. The van der Waals surface area contributed by atoms with E-state index in [9.17, 15) is 13.2 Å². The van der Waals surface area contributed by atoms with Crippen LogP contribution in [0, 0.1) is 0 Å². The molecule has 4 nitrogen and oxygen atoms in total. The van der Waals surface area contributed by atoms with E-state index in [2.05, 4.69) is 9.97 Å². The number of anilines is 2. The normalized spacial score (nSPS) is 13.4. The fraction of sp³-hybridized carbons (Fsp3) is 0.636. The van der Waals surface area contributed by atoms with E-state index in [0.717, 1.165) is 18.2 Å². The number of nitrogens with zero attached hydrogens (tertiary/aromatic N) is 3. The molecule has 0 bridgehead atoms. The van der Waals surface area contributed by atoms with Crippen LogP contribution in [-0.2, 0) is 6.18 Å². The zero-order valence-electron chi connectivity index (χ0n) is 11.0. The second-order valence-electron chi connectivity index (χ2n) is 4.10. The monoisotopic (exact) mass is 294 g/mol. The molecule has 0 aliphatic heterocycles. The Kier molecular flexibility index (Phi) is 5.28. The van der Waals surface area contributed by atoms with E-state index in [1.165, 1.54) is 0 Å². The van der Waals surface area contributed by atoms with Gasteiger partial charge in [-0.3, -0.25) is 0 Å². The summed E-state index contributed by atoms with van der Waals surface area (Å²) in [5.74, 6) is 0.634. The molecule has 1 aromatic rings. The lowest BCUT2D eigenvalue weighted by Gasteiger charge is -2.28. The largest absolute Gasteiger partial charge is 0.433 e. The average Bonchev–Trinajstić information content (AvgIpc) is 2.33. The summed E-state index contributed by atoms with van der Waals surface area (Å²) < 4.78 is 38.0. The van der Waals surface area contributed by atoms with Crippen LogP contribution >= 0.6 is 11.8 Å². The Morgan fingerprint density at radius 2 is 2.05 bits per heavy atom. The van der Waals surface area contributed by atoms with E-state index in [1.807, 2.05) is 13.2 Å². The van der Waals surface area contributed by atoms with Crippen LogP contribution in [0.3, 0.4) is 0 Å². The van der Waals surface area contributed by atoms with Crippen molar-refractivity contribution in [2.75, 3.05) is 29.7 Å². The summed E-state index contributed by atoms with van der Waals surface area (Å²) in [4.78, 5) is 8.82. The minimum Gasteiger partial charge on any atom is -0.368 e. The lowest BCUT2D eigenvalue weighted by molar-refractivity contribution is -0.141. The third kappa shape index (κ3) is 4.15. The van der Waals surface area contributed by atoms with Crippen LogP contribution < -0.4 is 10.6 Å².